The van der Waals surface area contributed by atoms with Gasteiger partial charge in [0.2, 0.25) is 0 Å². The van der Waals surface area contributed by atoms with Crippen LogP contribution in [-0.4, -0.2) is 11.1 Å². The fraction of sp³-hybridized carbons (Fsp3) is 0.235. The van der Waals surface area contributed by atoms with Crippen LogP contribution in [0.15, 0.2) is 55.1 Å². The van der Waals surface area contributed by atoms with E-state index in [1.807, 2.05) is 56.3 Å². The topological polar surface area (TPSA) is 37.3 Å². The first-order chi connectivity index (χ1) is 9.04. The molecule has 19 heavy (non-hydrogen) atoms. The second-order valence-electron chi connectivity index (χ2n) is 5.06. The zero-order chi connectivity index (χ0) is 14.0. The monoisotopic (exact) mass is 254 g/mol. The molecule has 0 saturated heterocycles. The molecule has 0 saturated carbocycles. The minimum Gasteiger partial charge on any atom is -0.480 e. The Bertz CT molecular complexity index is 623. The summed E-state index contributed by atoms with van der Waals surface area (Å²) in [4.78, 5) is 11.9. The van der Waals surface area contributed by atoms with Gasteiger partial charge in [-0.15, -0.1) is 6.58 Å². The van der Waals surface area contributed by atoms with Crippen molar-refractivity contribution in [2.75, 3.05) is 0 Å². The van der Waals surface area contributed by atoms with Crippen molar-refractivity contribution in [2.45, 2.75) is 19.3 Å². The molecule has 0 aromatic heterocycles. The Labute approximate surface area is 113 Å². The molecule has 0 heterocycles. The summed E-state index contributed by atoms with van der Waals surface area (Å²) in [5.41, 5.74) is -0.246. The van der Waals surface area contributed by atoms with E-state index in [1.54, 1.807) is 6.08 Å². The highest BCUT2D eigenvalue weighted by Crippen LogP contribution is 2.38. The summed E-state index contributed by atoms with van der Waals surface area (Å²) in [6.07, 6.45) is 1.56. The lowest BCUT2D eigenvalue weighted by atomic mass is 9.70. The van der Waals surface area contributed by atoms with Gasteiger partial charge in [0, 0.05) is 0 Å². The fourth-order valence-corrected chi connectivity index (χ4v) is 2.69. The van der Waals surface area contributed by atoms with E-state index >= 15 is 0 Å². The highest BCUT2D eigenvalue weighted by atomic mass is 16.4. The van der Waals surface area contributed by atoms with Gasteiger partial charge in [0.15, 0.2) is 0 Å². The van der Waals surface area contributed by atoms with E-state index < -0.39 is 11.4 Å². The van der Waals surface area contributed by atoms with Crippen LogP contribution < -0.4 is 0 Å². The van der Waals surface area contributed by atoms with Crippen molar-refractivity contribution < 1.29 is 9.90 Å². The summed E-state index contributed by atoms with van der Waals surface area (Å²) in [6, 6.07) is 13.6. The Balaban J connectivity index is 2.84. The van der Waals surface area contributed by atoms with Crippen LogP contribution in [0.1, 0.15) is 19.4 Å². The summed E-state index contributed by atoms with van der Waals surface area (Å²) in [5.74, 6) is -0.929. The average molecular weight is 254 g/mol. The van der Waals surface area contributed by atoms with Crippen LogP contribution in [0.4, 0.5) is 0 Å². The molecule has 2 aromatic carbocycles. The lowest BCUT2D eigenvalue weighted by Gasteiger charge is -2.31. The van der Waals surface area contributed by atoms with Crippen molar-refractivity contribution >= 4 is 16.7 Å². The number of rotatable bonds is 4. The van der Waals surface area contributed by atoms with E-state index in [9.17, 15) is 9.90 Å². The maximum Gasteiger partial charge on any atom is 0.318 e. The van der Waals surface area contributed by atoms with Gasteiger partial charge in [0.05, 0.1) is 0 Å². The summed E-state index contributed by atoms with van der Waals surface area (Å²) in [5, 5.41) is 11.8. The molecule has 2 aromatic rings. The van der Waals surface area contributed by atoms with Gasteiger partial charge >= 0.3 is 5.97 Å². The number of benzene rings is 2. The molecule has 0 aliphatic carbocycles. The number of carbonyl (C=O) groups is 1. The first kappa shape index (κ1) is 13.3. The SMILES string of the molecule is C=CC(C(=O)O)(c1cccc2ccccc12)C(C)C. The van der Waals surface area contributed by atoms with Crippen molar-refractivity contribution in [3.63, 3.8) is 0 Å². The van der Waals surface area contributed by atoms with Crippen molar-refractivity contribution in [1.29, 1.82) is 0 Å². The van der Waals surface area contributed by atoms with Crippen molar-refractivity contribution in [3.05, 3.63) is 60.7 Å². The molecule has 0 fully saturated rings. The minimum absolute atomic E-state index is 0.0756. The van der Waals surface area contributed by atoms with Crippen molar-refractivity contribution in [3.8, 4) is 0 Å². The smallest absolute Gasteiger partial charge is 0.318 e. The molecule has 2 nitrogen and oxygen atoms in total. The maximum atomic E-state index is 11.9. The second-order valence-corrected chi connectivity index (χ2v) is 5.06. The molecule has 2 rings (SSSR count). The average Bonchev–Trinajstić information content (AvgIpc) is 2.39. The van der Waals surface area contributed by atoms with Gasteiger partial charge in [0.1, 0.15) is 5.41 Å². The van der Waals surface area contributed by atoms with Gasteiger partial charge in [-0.3, -0.25) is 4.79 Å². The van der Waals surface area contributed by atoms with E-state index in [4.69, 9.17) is 0 Å². The van der Waals surface area contributed by atoms with Crippen LogP contribution in [0, 0.1) is 5.92 Å². The van der Waals surface area contributed by atoms with E-state index in [0.717, 1.165) is 16.3 Å². The molecule has 0 spiro atoms. The molecule has 1 unspecified atom stereocenters. The molecule has 2 heteroatoms. The Morgan fingerprint density at radius 2 is 1.84 bits per heavy atom. The molecule has 0 aliphatic rings. The van der Waals surface area contributed by atoms with Gasteiger partial charge in [-0.2, -0.15) is 0 Å². The summed E-state index contributed by atoms with van der Waals surface area (Å²) < 4.78 is 0. The number of hydrogen-bond donors (Lipinski definition) is 1. The third-order valence-electron chi connectivity index (χ3n) is 3.82. The number of hydrogen-bond acceptors (Lipinski definition) is 1. The number of fused-ring (bicyclic) bond motifs is 1. The second kappa shape index (κ2) is 4.88. The normalized spacial score (nSPS) is 14.3. The van der Waals surface area contributed by atoms with Gasteiger partial charge in [0.25, 0.3) is 0 Å². The number of aliphatic carboxylic acids is 1. The van der Waals surface area contributed by atoms with Crippen molar-refractivity contribution in [2.24, 2.45) is 5.92 Å². The van der Waals surface area contributed by atoms with Gasteiger partial charge in [-0.25, -0.2) is 0 Å². The molecule has 1 atom stereocenters. The first-order valence-electron chi connectivity index (χ1n) is 6.39. The van der Waals surface area contributed by atoms with Crippen LogP contribution in [0.5, 0.6) is 0 Å². The minimum atomic E-state index is -1.05. The molecule has 1 N–H and O–H groups in total. The summed E-state index contributed by atoms with van der Waals surface area (Å²) >= 11 is 0. The van der Waals surface area contributed by atoms with Gasteiger partial charge < -0.3 is 5.11 Å². The lowest BCUT2D eigenvalue weighted by molar-refractivity contribution is -0.143. The van der Waals surface area contributed by atoms with E-state index in [-0.39, 0.29) is 5.92 Å². The molecular weight excluding hydrogens is 236 g/mol. The maximum absolute atomic E-state index is 11.9. The summed E-state index contributed by atoms with van der Waals surface area (Å²) in [7, 11) is 0. The number of carboxylic acid groups (broad SMARTS) is 1. The molecule has 0 radical (unpaired) electrons. The van der Waals surface area contributed by atoms with Crippen LogP contribution in [0.3, 0.4) is 0 Å². The third-order valence-corrected chi connectivity index (χ3v) is 3.82. The highest BCUT2D eigenvalue weighted by Gasteiger charge is 2.41. The van der Waals surface area contributed by atoms with E-state index in [1.165, 1.54) is 0 Å². The van der Waals surface area contributed by atoms with Crippen molar-refractivity contribution in [1.82, 2.24) is 0 Å². The predicted molar refractivity (Wildman–Crippen MR) is 78.3 cm³/mol. The fourth-order valence-electron chi connectivity index (χ4n) is 2.69. The summed E-state index contributed by atoms with van der Waals surface area (Å²) in [6.45, 7) is 7.61. The zero-order valence-corrected chi connectivity index (χ0v) is 11.3. The van der Waals surface area contributed by atoms with Crippen LogP contribution in [0.25, 0.3) is 10.8 Å². The standard InChI is InChI=1S/C17H18O2/c1-4-17(12(2)3,16(18)19)15-11-7-9-13-8-5-6-10-14(13)15/h4-12H,1H2,2-3H3,(H,18,19). The zero-order valence-electron chi connectivity index (χ0n) is 11.3. The third kappa shape index (κ3) is 1.93. The Morgan fingerprint density at radius 3 is 2.42 bits per heavy atom. The Hall–Kier alpha value is -2.09. The van der Waals surface area contributed by atoms with Crippen LogP contribution in [0.2, 0.25) is 0 Å². The highest BCUT2D eigenvalue weighted by molar-refractivity contribution is 5.94. The van der Waals surface area contributed by atoms with E-state index in [2.05, 4.69) is 6.58 Å². The Kier molecular flexibility index (Phi) is 3.43. The number of carboxylic acids is 1. The van der Waals surface area contributed by atoms with Crippen LogP contribution >= 0.6 is 0 Å². The lowest BCUT2D eigenvalue weighted by Crippen LogP contribution is -2.39. The molecule has 0 aliphatic heterocycles. The quantitative estimate of drug-likeness (QED) is 0.837. The van der Waals surface area contributed by atoms with Gasteiger partial charge in [-0.05, 0) is 22.3 Å². The van der Waals surface area contributed by atoms with Crippen LogP contribution in [-0.2, 0) is 10.2 Å². The van der Waals surface area contributed by atoms with E-state index in [0.29, 0.717) is 0 Å². The predicted octanol–water partition coefficient (Wildman–Crippen LogP) is 4.00. The Morgan fingerprint density at radius 1 is 1.21 bits per heavy atom. The van der Waals surface area contributed by atoms with Gasteiger partial charge in [-0.1, -0.05) is 62.4 Å². The molecule has 98 valence electrons. The largest absolute Gasteiger partial charge is 0.480 e. The molecule has 0 amide bonds. The molecular formula is C17H18O2. The first-order valence-corrected chi connectivity index (χ1v) is 6.39. The molecule has 0 bridgehead atoms.